The lowest BCUT2D eigenvalue weighted by Crippen LogP contribution is -2.63. The van der Waals surface area contributed by atoms with Crippen molar-refractivity contribution in [1.82, 2.24) is 37.9 Å². The van der Waals surface area contributed by atoms with Crippen LogP contribution >= 0.6 is 92.8 Å². The molecular formula is C105H100Cl8F12N8O11. The van der Waals surface area contributed by atoms with Crippen LogP contribution in [0.25, 0.3) is 43.6 Å². The Morgan fingerprint density at radius 1 is 0.389 bits per heavy atom. The Balaban J connectivity index is 0.000000152. The third-order valence-electron chi connectivity index (χ3n) is 26.9. The van der Waals surface area contributed by atoms with E-state index in [-0.39, 0.29) is 133 Å². The van der Waals surface area contributed by atoms with Crippen molar-refractivity contribution in [2.75, 3.05) is 52.4 Å². The van der Waals surface area contributed by atoms with Crippen LogP contribution < -0.4 is 14.2 Å². The van der Waals surface area contributed by atoms with Crippen molar-refractivity contribution >= 4 is 177 Å². The molecule has 17 rings (SSSR count). The van der Waals surface area contributed by atoms with Crippen molar-refractivity contribution in [3.8, 4) is 17.2 Å². The van der Waals surface area contributed by atoms with Gasteiger partial charge >= 0.3 is 25.3 Å². The molecule has 8 aromatic carbocycles. The van der Waals surface area contributed by atoms with Gasteiger partial charge in [-0.25, -0.2) is 0 Å². The van der Waals surface area contributed by atoms with Crippen molar-refractivity contribution in [3.05, 3.63) is 271 Å². The standard InChI is InChI=1S/C27H25Cl2F3N2O3.C27H27Cl2F3N2O3.C26H25Cl2F3N2O3.C25H23Cl2F3N2O2/c1-15-7-19(37-27(30,31)32)9-18-5-6-33(24(15)18)12-21-22(28)4-3-20(23(21)29)25(36)34-13-26(14-34)10-17(11-26)8-16(2)35;1-16-13-20(37-27(30,31)32)14-19-9-12-34(25(16)19)15-22-23(28)6-5-21(24(22)29)26(36)33-10-7-18(8-11-33)4-3-17(2)35;1-15-11-19(36-26(29,30)31)13-18-7-10-33(24(15)18)14-21-22(27)4-3-20(23(21)28)25(35)32-8-5-17(6-9-32)12-16(2)34;1-15(33)13-16-7-10-31(11-8-16)24(34)18-5-6-21(26)19(23(18)27)14-32-12-9-17-20(25(28,29)30)3-2-4-22(17)32/h3-7,9,17,35H,2,8,10-14H2,1H3;5-6,9,12-14,18H,3-4,7-8,10-11,15H2,1-2H3;3-4,7,10-11,13,17H,5-6,8-9,12,14H2,1-2H3;2-6,9,12,16H,7-8,10-11,13-14H2,1H3. The smallest absolute Gasteiger partial charge is 0.513 e. The lowest BCUT2D eigenvalue weighted by Gasteiger charge is -2.59. The normalized spacial score (nSPS) is 15.5. The maximum Gasteiger partial charge on any atom is 0.573 e. The van der Waals surface area contributed by atoms with Gasteiger partial charge in [0.05, 0.1) is 96.4 Å². The van der Waals surface area contributed by atoms with Gasteiger partial charge in [-0.3, -0.25) is 19.2 Å². The number of benzene rings is 8. The summed E-state index contributed by atoms with van der Waals surface area (Å²) in [5, 5.41) is 13.7. The first kappa shape index (κ1) is 109. The molecule has 19 nitrogen and oxygen atoms in total. The maximum atomic E-state index is 13.4. The van der Waals surface area contributed by atoms with Crippen molar-refractivity contribution in [1.29, 1.82) is 0 Å². The quantitative estimate of drug-likeness (QED) is 0.0446. The fraction of sp³-hybridized carbons (Fsp3) is 0.381. The predicted molar refractivity (Wildman–Crippen MR) is 533 cm³/mol. The van der Waals surface area contributed by atoms with Gasteiger partial charge in [0.2, 0.25) is 0 Å². The van der Waals surface area contributed by atoms with Crippen LogP contribution in [-0.4, -0.2) is 155 Å². The van der Waals surface area contributed by atoms with Gasteiger partial charge in [-0.1, -0.05) is 105 Å². The first-order valence-electron chi connectivity index (χ1n) is 46.4. The molecule has 8 heterocycles. The molecule has 1 N–H and O–H groups in total. The van der Waals surface area contributed by atoms with E-state index in [9.17, 15) is 91.4 Å². The monoisotopic (exact) mass is 2160 g/mol. The van der Waals surface area contributed by atoms with Crippen LogP contribution in [0.3, 0.4) is 0 Å². The Bertz CT molecular complexity index is 6910. The van der Waals surface area contributed by atoms with Crippen LogP contribution in [0.15, 0.2) is 165 Å². The number of aliphatic hydroxyl groups is 1. The molecule has 766 valence electrons. The highest BCUT2D eigenvalue weighted by atomic mass is 35.5. The predicted octanol–water partition coefficient (Wildman–Crippen LogP) is 28.8. The number of aryl methyl sites for hydroxylation is 3. The van der Waals surface area contributed by atoms with Crippen LogP contribution in [0.4, 0.5) is 52.7 Å². The summed E-state index contributed by atoms with van der Waals surface area (Å²) >= 11 is 52.6. The number of aliphatic hydroxyl groups excluding tert-OH is 1. The number of ketones is 3. The molecule has 1 aliphatic carbocycles. The number of aromatic nitrogens is 4. The van der Waals surface area contributed by atoms with Gasteiger partial charge in [-0.2, -0.15) is 13.2 Å². The second kappa shape index (κ2) is 44.9. The average molecular weight is 2160 g/mol. The minimum absolute atomic E-state index is 0.0860. The van der Waals surface area contributed by atoms with Crippen LogP contribution in [-0.2, 0) is 46.7 Å². The molecule has 5 aliphatic rings. The summed E-state index contributed by atoms with van der Waals surface area (Å²) in [5.74, 6) is 0.480. The highest BCUT2D eigenvalue weighted by molar-refractivity contribution is 6.40. The lowest BCUT2D eigenvalue weighted by atomic mass is 9.57. The molecule has 4 aromatic heterocycles. The molecule has 5 fully saturated rings. The number of carbonyl (C=O) groups excluding carboxylic acids is 7. The number of piperidine rings is 3. The Kier molecular flexibility index (Phi) is 34.0. The lowest BCUT2D eigenvalue weighted by molar-refractivity contribution is -0.275. The first-order valence-corrected chi connectivity index (χ1v) is 49.4. The third kappa shape index (κ3) is 26.2. The molecule has 0 radical (unpaired) electrons. The van der Waals surface area contributed by atoms with Gasteiger partial charge in [-0.05, 0) is 261 Å². The molecule has 1 saturated carbocycles. The van der Waals surface area contributed by atoms with E-state index in [1.165, 1.54) is 48.5 Å². The Morgan fingerprint density at radius 3 is 1.01 bits per heavy atom. The summed E-state index contributed by atoms with van der Waals surface area (Å²) in [6.07, 6.45) is -2.34. The number of hydrogen-bond acceptors (Lipinski definition) is 11. The number of likely N-dealkylation sites (tertiary alicyclic amines) is 4. The van der Waals surface area contributed by atoms with E-state index in [0.717, 1.165) is 63.9 Å². The SMILES string of the molecule is C=C(O)CC1CC2(C1)CN(C(=O)c1ccc(Cl)c(Cn3ccc4cc(OC(F)(F)F)cc(C)c43)c1Cl)C2.CC(=O)CC1CCN(C(=O)c2ccc(Cl)c(Cn3ccc4c(C(F)(F)F)cccc43)c2Cl)CC1.CC(=O)CC1CCN(C(=O)c2ccc(Cl)c(Cn3ccc4cc(OC(F)(F)F)cc(C)c43)c2Cl)CC1.CC(=O)CCC1CCN(C(=O)c2ccc(Cl)c(Cn3ccc4cc(OC(F)(F)F)cc(C)c43)c2Cl)CC1. The number of amides is 4. The van der Waals surface area contributed by atoms with Gasteiger partial charge < -0.3 is 71.6 Å². The minimum Gasteiger partial charge on any atom is -0.513 e. The van der Waals surface area contributed by atoms with E-state index in [0.29, 0.717) is 209 Å². The molecule has 1 spiro atoms. The van der Waals surface area contributed by atoms with Gasteiger partial charge in [-0.15, -0.1) is 39.5 Å². The van der Waals surface area contributed by atoms with E-state index in [2.05, 4.69) is 20.8 Å². The van der Waals surface area contributed by atoms with E-state index >= 15 is 0 Å². The van der Waals surface area contributed by atoms with Crippen molar-refractivity contribution in [3.63, 3.8) is 0 Å². The molecule has 0 atom stereocenters. The number of allylic oxidation sites excluding steroid dienone is 1. The zero-order valence-electron chi connectivity index (χ0n) is 78.8. The number of hydrogen-bond donors (Lipinski definition) is 1. The summed E-state index contributed by atoms with van der Waals surface area (Å²) in [5.41, 5.74) is 7.21. The molecule has 4 aliphatic heterocycles. The second-order valence-corrected chi connectivity index (χ2v) is 40.8. The number of halogens is 20. The van der Waals surface area contributed by atoms with E-state index in [4.69, 9.17) is 92.8 Å². The number of fused-ring (bicyclic) bond motifs is 4. The first-order chi connectivity index (χ1) is 67.7. The summed E-state index contributed by atoms with van der Waals surface area (Å²) in [6, 6.07) is 31.4. The van der Waals surface area contributed by atoms with E-state index in [1.54, 1.807) is 163 Å². The topological polar surface area (TPSA) is 200 Å². The van der Waals surface area contributed by atoms with E-state index < -0.39 is 30.8 Å². The molecular weight excluding hydrogens is 2060 g/mol. The molecule has 144 heavy (non-hydrogen) atoms. The maximum absolute atomic E-state index is 13.4. The molecule has 4 saturated heterocycles. The van der Waals surface area contributed by atoms with Crippen molar-refractivity contribution < 1.29 is 106 Å². The summed E-state index contributed by atoms with van der Waals surface area (Å²) in [4.78, 5) is 94.1. The van der Waals surface area contributed by atoms with Crippen molar-refractivity contribution in [2.24, 2.45) is 29.1 Å². The number of ether oxygens (including phenoxy) is 3. The van der Waals surface area contributed by atoms with Crippen molar-refractivity contribution in [2.45, 2.75) is 176 Å². The molecule has 4 amide bonds. The van der Waals surface area contributed by atoms with Gasteiger partial charge in [0.25, 0.3) is 23.6 Å². The van der Waals surface area contributed by atoms with Crippen LogP contribution in [0, 0.1) is 49.9 Å². The molecule has 0 unspecified atom stereocenters. The second-order valence-electron chi connectivity index (χ2n) is 37.7. The number of rotatable bonds is 24. The summed E-state index contributed by atoms with van der Waals surface area (Å²) in [6.45, 7) is 18.9. The Morgan fingerprint density at radius 2 is 0.701 bits per heavy atom. The number of nitrogens with zero attached hydrogens (tertiary/aromatic N) is 8. The summed E-state index contributed by atoms with van der Waals surface area (Å²) in [7, 11) is 0. The largest absolute Gasteiger partial charge is 0.573 e. The van der Waals surface area contributed by atoms with Gasteiger partial charge in [0.15, 0.2) is 0 Å². The highest BCUT2D eigenvalue weighted by Crippen LogP contribution is 2.55. The molecule has 12 aromatic rings. The Hall–Kier alpha value is -10.8. The van der Waals surface area contributed by atoms with E-state index in [1.807, 2.05) is 13.7 Å². The van der Waals surface area contributed by atoms with Crippen LogP contribution in [0.5, 0.6) is 17.2 Å². The minimum atomic E-state index is -4.78. The zero-order valence-corrected chi connectivity index (χ0v) is 84.8. The highest BCUT2D eigenvalue weighted by Gasteiger charge is 2.54. The average Bonchev–Trinajstić information content (AvgIpc) is 1.06. The van der Waals surface area contributed by atoms with Crippen LogP contribution in [0.2, 0.25) is 40.2 Å². The van der Waals surface area contributed by atoms with Gasteiger partial charge in [0.1, 0.15) is 34.6 Å². The fourth-order valence-electron chi connectivity index (χ4n) is 20.3. The third-order valence-corrected chi connectivity index (χ3v) is 30.1. The van der Waals surface area contributed by atoms with Crippen LogP contribution in [0.1, 0.15) is 190 Å². The zero-order chi connectivity index (χ0) is 104. The number of Topliss-reactive ketones (excluding diaryl/α,β-unsaturated/α-hetero) is 3. The summed E-state index contributed by atoms with van der Waals surface area (Å²) < 4.78 is 174. The molecule has 0 bridgehead atoms. The number of alkyl halides is 12. The molecule has 39 heteroatoms. The Labute approximate surface area is 861 Å². The fourth-order valence-corrected chi connectivity index (χ4v) is 22.6. The van der Waals surface area contributed by atoms with Gasteiger partial charge in [0, 0.05) is 178 Å². The number of carbonyl (C=O) groups is 7.